The molecular formula is C27H31NO6. The molecule has 0 atom stereocenters. The van der Waals surface area contributed by atoms with Crippen molar-refractivity contribution < 1.29 is 28.5 Å². The Morgan fingerprint density at radius 3 is 2.03 bits per heavy atom. The molecule has 0 fully saturated rings. The molecule has 0 amide bonds. The number of hydrogen-bond donors (Lipinski definition) is 0. The number of hydrogen-bond acceptors (Lipinski definition) is 7. The van der Waals surface area contributed by atoms with Gasteiger partial charge < -0.3 is 23.8 Å². The first-order valence-electron chi connectivity index (χ1n) is 11.2. The highest BCUT2D eigenvalue weighted by molar-refractivity contribution is 6.00. The predicted molar refractivity (Wildman–Crippen MR) is 130 cm³/mol. The molecule has 3 rings (SSSR count). The van der Waals surface area contributed by atoms with Crippen LogP contribution < -0.4 is 14.4 Å². The quantitative estimate of drug-likeness (QED) is 0.518. The van der Waals surface area contributed by atoms with Gasteiger partial charge in [0, 0.05) is 23.7 Å². The highest BCUT2D eigenvalue weighted by Crippen LogP contribution is 2.45. The number of rotatable bonds is 8. The first-order valence-corrected chi connectivity index (χ1v) is 11.2. The summed E-state index contributed by atoms with van der Waals surface area (Å²) in [6.45, 7) is 7.84. The number of nitrogens with zero attached hydrogens (tertiary/aromatic N) is 1. The van der Waals surface area contributed by atoms with Crippen LogP contribution in [0, 0.1) is 13.8 Å². The number of benzene rings is 2. The summed E-state index contributed by atoms with van der Waals surface area (Å²) in [6, 6.07) is 11.4. The molecule has 0 bridgehead atoms. The highest BCUT2D eigenvalue weighted by atomic mass is 16.5. The fourth-order valence-electron chi connectivity index (χ4n) is 4.03. The van der Waals surface area contributed by atoms with Gasteiger partial charge in [0.25, 0.3) is 0 Å². The predicted octanol–water partition coefficient (Wildman–Crippen LogP) is 4.82. The van der Waals surface area contributed by atoms with E-state index in [1.165, 1.54) is 14.2 Å². The van der Waals surface area contributed by atoms with Crippen molar-refractivity contribution in [2.24, 2.45) is 0 Å². The summed E-state index contributed by atoms with van der Waals surface area (Å²) in [6.07, 6.45) is 3.43. The van der Waals surface area contributed by atoms with Gasteiger partial charge >= 0.3 is 11.9 Å². The minimum Gasteiger partial charge on any atom is -0.493 e. The average Bonchev–Trinajstić information content (AvgIpc) is 2.84. The molecule has 0 unspecified atom stereocenters. The third-order valence-corrected chi connectivity index (χ3v) is 5.59. The van der Waals surface area contributed by atoms with Crippen molar-refractivity contribution in [3.8, 4) is 11.5 Å². The SMILES string of the molecule is CCOC(=O)C1=CN(c2cc(C)ccc2C)C=C(C(=O)OCC)C1c1cccc(OC)c1OC. The molecule has 0 saturated heterocycles. The average molecular weight is 466 g/mol. The van der Waals surface area contributed by atoms with Crippen molar-refractivity contribution in [3.05, 3.63) is 76.6 Å². The Hall–Kier alpha value is -3.74. The van der Waals surface area contributed by atoms with Gasteiger partial charge in [-0.2, -0.15) is 0 Å². The van der Waals surface area contributed by atoms with Crippen molar-refractivity contribution in [2.75, 3.05) is 32.3 Å². The molecule has 0 spiro atoms. The third-order valence-electron chi connectivity index (χ3n) is 5.59. The Morgan fingerprint density at radius 2 is 1.50 bits per heavy atom. The van der Waals surface area contributed by atoms with E-state index in [-0.39, 0.29) is 13.2 Å². The van der Waals surface area contributed by atoms with Crippen molar-refractivity contribution >= 4 is 17.6 Å². The van der Waals surface area contributed by atoms with Gasteiger partial charge in [-0.15, -0.1) is 0 Å². The Balaban J connectivity index is 2.29. The van der Waals surface area contributed by atoms with Gasteiger partial charge in [0.1, 0.15) is 0 Å². The number of carbonyl (C=O) groups excluding carboxylic acids is 2. The van der Waals surface area contributed by atoms with Crippen LogP contribution in [0.25, 0.3) is 0 Å². The molecule has 1 aliphatic heterocycles. The van der Waals surface area contributed by atoms with E-state index < -0.39 is 17.9 Å². The monoisotopic (exact) mass is 465 g/mol. The Labute approximate surface area is 200 Å². The molecule has 2 aromatic rings. The van der Waals surface area contributed by atoms with Crippen LogP contribution in [-0.2, 0) is 19.1 Å². The number of ether oxygens (including phenoxy) is 4. The molecule has 180 valence electrons. The van der Waals surface area contributed by atoms with E-state index in [4.69, 9.17) is 18.9 Å². The molecule has 0 N–H and O–H groups in total. The van der Waals surface area contributed by atoms with E-state index in [9.17, 15) is 9.59 Å². The second-order valence-electron chi connectivity index (χ2n) is 7.82. The molecular weight excluding hydrogens is 434 g/mol. The van der Waals surface area contributed by atoms with Crippen molar-refractivity contribution in [1.29, 1.82) is 0 Å². The number of para-hydroxylation sites is 1. The van der Waals surface area contributed by atoms with Gasteiger partial charge in [-0.1, -0.05) is 24.3 Å². The first kappa shape index (κ1) is 24.9. The maximum absolute atomic E-state index is 13.2. The van der Waals surface area contributed by atoms with Crippen LogP contribution in [0.15, 0.2) is 59.9 Å². The summed E-state index contributed by atoms with van der Waals surface area (Å²) in [5, 5.41) is 0. The van der Waals surface area contributed by atoms with E-state index in [1.807, 2.05) is 32.0 Å². The van der Waals surface area contributed by atoms with E-state index >= 15 is 0 Å². The van der Waals surface area contributed by atoms with Crippen LogP contribution >= 0.6 is 0 Å². The summed E-state index contributed by atoms with van der Waals surface area (Å²) >= 11 is 0. The summed E-state index contributed by atoms with van der Waals surface area (Å²) in [4.78, 5) is 28.2. The Morgan fingerprint density at radius 1 is 0.882 bits per heavy atom. The minimum atomic E-state index is -0.774. The zero-order valence-corrected chi connectivity index (χ0v) is 20.5. The molecule has 34 heavy (non-hydrogen) atoms. The lowest BCUT2D eigenvalue weighted by atomic mass is 9.82. The second-order valence-corrected chi connectivity index (χ2v) is 7.82. The van der Waals surface area contributed by atoms with Gasteiger partial charge in [-0.25, -0.2) is 9.59 Å². The molecule has 7 nitrogen and oxygen atoms in total. The maximum Gasteiger partial charge on any atom is 0.336 e. The van der Waals surface area contributed by atoms with E-state index in [0.717, 1.165) is 16.8 Å². The van der Waals surface area contributed by atoms with Crippen LogP contribution in [0.5, 0.6) is 11.5 Å². The highest BCUT2D eigenvalue weighted by Gasteiger charge is 2.38. The number of anilines is 1. The Bertz CT molecular complexity index is 1100. The fourth-order valence-corrected chi connectivity index (χ4v) is 4.03. The van der Waals surface area contributed by atoms with Crippen molar-refractivity contribution in [1.82, 2.24) is 0 Å². The van der Waals surface area contributed by atoms with Gasteiger partial charge in [-0.3, -0.25) is 0 Å². The fraction of sp³-hybridized carbons (Fsp3) is 0.333. The minimum absolute atomic E-state index is 0.195. The normalized spacial score (nSPS) is 13.6. The standard InChI is InChI=1S/C27H31NO6/c1-7-33-26(29)20-15-28(22-14-17(3)12-13-18(22)4)16-21(27(30)34-8-2)24(20)19-10-9-11-23(31-5)25(19)32-6/h9-16,24H,7-8H2,1-6H3. The van der Waals surface area contributed by atoms with Crippen molar-refractivity contribution in [2.45, 2.75) is 33.6 Å². The van der Waals surface area contributed by atoms with Crippen LogP contribution in [0.2, 0.25) is 0 Å². The van der Waals surface area contributed by atoms with Gasteiger partial charge in [0.2, 0.25) is 0 Å². The third kappa shape index (κ3) is 4.93. The summed E-state index contributed by atoms with van der Waals surface area (Å²) in [7, 11) is 3.06. The lowest BCUT2D eigenvalue weighted by Gasteiger charge is -2.32. The summed E-state index contributed by atoms with van der Waals surface area (Å²) in [5.41, 5.74) is 4.07. The molecule has 0 radical (unpaired) electrons. The zero-order chi connectivity index (χ0) is 24.8. The van der Waals surface area contributed by atoms with Gasteiger partial charge in [0.05, 0.1) is 44.5 Å². The first-order chi connectivity index (χ1) is 16.4. The molecule has 1 heterocycles. The van der Waals surface area contributed by atoms with E-state index in [2.05, 4.69) is 0 Å². The van der Waals surface area contributed by atoms with Gasteiger partial charge in [0.15, 0.2) is 11.5 Å². The zero-order valence-electron chi connectivity index (χ0n) is 20.5. The van der Waals surface area contributed by atoms with Crippen molar-refractivity contribution in [3.63, 3.8) is 0 Å². The van der Waals surface area contributed by atoms with Crippen LogP contribution in [0.3, 0.4) is 0 Å². The van der Waals surface area contributed by atoms with Crippen LogP contribution in [0.4, 0.5) is 5.69 Å². The number of esters is 2. The Kier molecular flexibility index (Phi) is 7.99. The molecule has 0 aromatic heterocycles. The summed E-state index contributed by atoms with van der Waals surface area (Å²) < 4.78 is 21.9. The topological polar surface area (TPSA) is 74.3 Å². The number of carbonyl (C=O) groups is 2. The second kappa shape index (κ2) is 10.9. The maximum atomic E-state index is 13.2. The lowest BCUT2D eigenvalue weighted by molar-refractivity contribution is -0.139. The summed E-state index contributed by atoms with van der Waals surface area (Å²) in [5.74, 6) is -0.904. The van der Waals surface area contributed by atoms with E-state index in [0.29, 0.717) is 28.2 Å². The molecule has 7 heteroatoms. The number of methoxy groups -OCH3 is 2. The molecule has 2 aromatic carbocycles. The van der Waals surface area contributed by atoms with Gasteiger partial charge in [-0.05, 0) is 51.0 Å². The lowest BCUT2D eigenvalue weighted by Crippen LogP contribution is -2.30. The van der Waals surface area contributed by atoms with Crippen LogP contribution in [0.1, 0.15) is 36.5 Å². The molecule has 1 aliphatic rings. The van der Waals surface area contributed by atoms with E-state index in [1.54, 1.807) is 49.3 Å². The number of aryl methyl sites for hydroxylation is 2. The smallest absolute Gasteiger partial charge is 0.336 e. The largest absolute Gasteiger partial charge is 0.493 e. The molecule has 0 aliphatic carbocycles. The van der Waals surface area contributed by atoms with Crippen LogP contribution in [-0.4, -0.2) is 39.4 Å². The molecule has 0 saturated carbocycles.